The van der Waals surface area contributed by atoms with Crippen LogP contribution in [0.25, 0.3) is 5.69 Å². The number of imidazole rings is 1. The molecule has 0 spiro atoms. The van der Waals surface area contributed by atoms with Crippen molar-refractivity contribution in [2.24, 2.45) is 7.05 Å². The number of hydrogen-bond donors (Lipinski definition) is 0. The number of benzene rings is 1. The lowest BCUT2D eigenvalue weighted by Gasteiger charge is -2.10. The van der Waals surface area contributed by atoms with Crippen molar-refractivity contribution in [3.8, 4) is 5.69 Å². The second-order valence-corrected chi connectivity index (χ2v) is 6.40. The van der Waals surface area contributed by atoms with Crippen LogP contribution in [0.1, 0.15) is 17.5 Å². The highest BCUT2D eigenvalue weighted by Gasteiger charge is 2.07. The van der Waals surface area contributed by atoms with Crippen LogP contribution in [-0.2, 0) is 13.5 Å². The van der Waals surface area contributed by atoms with Gasteiger partial charge in [-0.3, -0.25) is 9.25 Å². The molecule has 0 bridgehead atoms. The zero-order chi connectivity index (χ0) is 15.4. The van der Waals surface area contributed by atoms with Gasteiger partial charge in [-0.15, -0.1) is 0 Å². The van der Waals surface area contributed by atoms with Crippen LogP contribution < -0.4 is 0 Å². The first kappa shape index (κ1) is 14.9. The molecule has 0 aliphatic carbocycles. The molecular weight excluding hydrogens is 292 g/mol. The molecule has 0 saturated heterocycles. The third kappa shape index (κ3) is 3.42. The minimum Gasteiger partial charge on any atom is -0.295 e. The number of nitrogens with zero attached hydrogens (tertiary/aromatic N) is 4. The zero-order valence-electron chi connectivity index (χ0n) is 12.9. The van der Waals surface area contributed by atoms with Gasteiger partial charge in [0.05, 0.1) is 11.9 Å². The molecule has 0 radical (unpaired) electrons. The summed E-state index contributed by atoms with van der Waals surface area (Å²) in [7, 11) is 1.96. The van der Waals surface area contributed by atoms with Crippen molar-refractivity contribution in [3.05, 3.63) is 60.2 Å². The normalized spacial score (nSPS) is 11.0. The average Bonchev–Trinajstić information content (AvgIpc) is 3.13. The highest BCUT2D eigenvalue weighted by molar-refractivity contribution is 7.99. The lowest BCUT2D eigenvalue weighted by atomic mass is 10.2. The van der Waals surface area contributed by atoms with Gasteiger partial charge in [0.2, 0.25) is 0 Å². The van der Waals surface area contributed by atoms with Crippen molar-refractivity contribution in [2.45, 2.75) is 24.9 Å². The Kier molecular flexibility index (Phi) is 4.63. The quantitative estimate of drug-likeness (QED) is 0.515. The minimum atomic E-state index is 1.05. The van der Waals surface area contributed by atoms with E-state index in [4.69, 9.17) is 0 Å². The lowest BCUT2D eigenvalue weighted by molar-refractivity contribution is 0.766. The van der Waals surface area contributed by atoms with Gasteiger partial charge in [-0.2, -0.15) is 5.10 Å². The number of rotatable bonds is 6. The third-order valence-corrected chi connectivity index (χ3v) is 4.63. The highest BCUT2D eigenvalue weighted by atomic mass is 32.2. The van der Waals surface area contributed by atoms with Crippen LogP contribution in [-0.4, -0.2) is 25.1 Å². The summed E-state index contributed by atoms with van der Waals surface area (Å²) in [5, 5.41) is 5.26. The number of aromatic nitrogens is 4. The SMILES string of the molecule is Cc1ccccc1-n1ccnc1SCCCc1cnn(C)c1. The molecule has 2 heterocycles. The largest absolute Gasteiger partial charge is 0.295 e. The average molecular weight is 312 g/mol. The summed E-state index contributed by atoms with van der Waals surface area (Å²) in [5.41, 5.74) is 3.76. The fraction of sp³-hybridized carbons (Fsp3) is 0.294. The van der Waals surface area contributed by atoms with Gasteiger partial charge in [0.15, 0.2) is 5.16 Å². The summed E-state index contributed by atoms with van der Waals surface area (Å²) in [6.45, 7) is 2.13. The summed E-state index contributed by atoms with van der Waals surface area (Å²) >= 11 is 1.81. The monoisotopic (exact) mass is 312 g/mol. The third-order valence-electron chi connectivity index (χ3n) is 3.58. The van der Waals surface area contributed by atoms with Gasteiger partial charge in [0, 0.05) is 31.4 Å². The van der Waals surface area contributed by atoms with Crippen molar-refractivity contribution in [1.29, 1.82) is 0 Å². The molecule has 5 heteroatoms. The van der Waals surface area contributed by atoms with Crippen LogP contribution in [0.5, 0.6) is 0 Å². The number of hydrogen-bond acceptors (Lipinski definition) is 3. The van der Waals surface area contributed by atoms with E-state index in [2.05, 4.69) is 52.0 Å². The van der Waals surface area contributed by atoms with Crippen molar-refractivity contribution in [1.82, 2.24) is 19.3 Å². The van der Waals surface area contributed by atoms with E-state index in [0.717, 1.165) is 23.8 Å². The van der Waals surface area contributed by atoms with Crippen LogP contribution in [0.3, 0.4) is 0 Å². The van der Waals surface area contributed by atoms with Gasteiger partial charge in [-0.1, -0.05) is 30.0 Å². The summed E-state index contributed by atoms with van der Waals surface area (Å²) in [4.78, 5) is 4.49. The second kappa shape index (κ2) is 6.83. The molecule has 0 amide bonds. The summed E-state index contributed by atoms with van der Waals surface area (Å²) < 4.78 is 4.03. The van der Waals surface area contributed by atoms with E-state index < -0.39 is 0 Å². The van der Waals surface area contributed by atoms with Gasteiger partial charge in [-0.25, -0.2) is 4.98 Å². The molecule has 2 aromatic heterocycles. The molecular formula is C17H20N4S. The van der Waals surface area contributed by atoms with Gasteiger partial charge < -0.3 is 0 Å². The van der Waals surface area contributed by atoms with Crippen molar-refractivity contribution in [2.75, 3.05) is 5.75 Å². The first-order valence-electron chi connectivity index (χ1n) is 7.44. The van der Waals surface area contributed by atoms with Crippen molar-refractivity contribution >= 4 is 11.8 Å². The van der Waals surface area contributed by atoms with Crippen molar-refractivity contribution in [3.63, 3.8) is 0 Å². The molecule has 4 nitrogen and oxygen atoms in total. The molecule has 1 aromatic carbocycles. The van der Waals surface area contributed by atoms with Gasteiger partial charge >= 0.3 is 0 Å². The molecule has 0 aliphatic heterocycles. The Bertz CT molecular complexity index is 744. The molecule has 114 valence electrons. The van der Waals surface area contributed by atoms with E-state index in [-0.39, 0.29) is 0 Å². The maximum absolute atomic E-state index is 4.49. The first-order chi connectivity index (χ1) is 10.7. The smallest absolute Gasteiger partial charge is 0.172 e. The minimum absolute atomic E-state index is 1.05. The summed E-state index contributed by atoms with van der Waals surface area (Å²) in [5.74, 6) is 1.05. The molecule has 22 heavy (non-hydrogen) atoms. The predicted octanol–water partition coefficient (Wildman–Crippen LogP) is 3.64. The molecule has 0 unspecified atom stereocenters. The molecule has 0 N–H and O–H groups in total. The van der Waals surface area contributed by atoms with E-state index in [9.17, 15) is 0 Å². The van der Waals surface area contributed by atoms with E-state index in [1.54, 1.807) is 0 Å². The fourth-order valence-electron chi connectivity index (χ4n) is 2.45. The predicted molar refractivity (Wildman–Crippen MR) is 90.6 cm³/mol. The molecule has 0 aliphatic rings. The zero-order valence-corrected chi connectivity index (χ0v) is 13.8. The van der Waals surface area contributed by atoms with Crippen molar-refractivity contribution < 1.29 is 0 Å². The second-order valence-electron chi connectivity index (χ2n) is 5.34. The molecule has 3 rings (SSSR count). The Hall–Kier alpha value is -2.01. The van der Waals surface area contributed by atoms with Crippen LogP contribution in [0.2, 0.25) is 0 Å². The van der Waals surface area contributed by atoms with Gasteiger partial charge in [0.1, 0.15) is 0 Å². The molecule has 0 atom stereocenters. The van der Waals surface area contributed by atoms with E-state index in [1.807, 2.05) is 42.1 Å². The van der Waals surface area contributed by atoms with Crippen LogP contribution in [0.4, 0.5) is 0 Å². The molecule has 0 fully saturated rings. The summed E-state index contributed by atoms with van der Waals surface area (Å²) in [6.07, 6.45) is 10.1. The Morgan fingerprint density at radius 1 is 1.23 bits per heavy atom. The lowest BCUT2D eigenvalue weighted by Crippen LogP contribution is -1.98. The van der Waals surface area contributed by atoms with E-state index in [0.29, 0.717) is 0 Å². The number of thioether (sulfide) groups is 1. The van der Waals surface area contributed by atoms with Crippen LogP contribution in [0.15, 0.2) is 54.2 Å². The van der Waals surface area contributed by atoms with Gasteiger partial charge in [0.25, 0.3) is 0 Å². The van der Waals surface area contributed by atoms with E-state index >= 15 is 0 Å². The first-order valence-corrected chi connectivity index (χ1v) is 8.42. The Labute approximate surface area is 135 Å². The molecule has 0 saturated carbocycles. The highest BCUT2D eigenvalue weighted by Crippen LogP contribution is 2.23. The molecule has 3 aromatic rings. The maximum atomic E-state index is 4.49. The fourth-order valence-corrected chi connectivity index (χ4v) is 3.36. The maximum Gasteiger partial charge on any atom is 0.172 e. The Morgan fingerprint density at radius 2 is 2.09 bits per heavy atom. The van der Waals surface area contributed by atoms with Crippen LogP contribution in [0, 0.1) is 6.92 Å². The number of para-hydroxylation sites is 1. The Morgan fingerprint density at radius 3 is 2.86 bits per heavy atom. The topological polar surface area (TPSA) is 35.6 Å². The van der Waals surface area contributed by atoms with Crippen LogP contribution >= 0.6 is 11.8 Å². The van der Waals surface area contributed by atoms with Gasteiger partial charge in [-0.05, 0) is 37.0 Å². The van der Waals surface area contributed by atoms with E-state index in [1.165, 1.54) is 16.8 Å². The number of aryl methyl sites for hydroxylation is 3. The Balaban J connectivity index is 1.60. The summed E-state index contributed by atoms with van der Waals surface area (Å²) in [6, 6.07) is 8.40. The standard InChI is InChI=1S/C17H20N4S/c1-14-6-3-4-8-16(14)21-10-9-18-17(21)22-11-5-7-15-12-19-20(2)13-15/h3-4,6,8-10,12-13H,5,7,11H2,1-2H3.